The predicted molar refractivity (Wildman–Crippen MR) is 51.6 cm³/mol. The van der Waals surface area contributed by atoms with Gasteiger partial charge >= 0.3 is 0 Å². The van der Waals surface area contributed by atoms with Crippen molar-refractivity contribution in [2.45, 2.75) is 6.42 Å². The van der Waals surface area contributed by atoms with Crippen molar-refractivity contribution in [1.82, 2.24) is 0 Å². The molecule has 0 unspecified atom stereocenters. The van der Waals surface area contributed by atoms with Crippen LogP contribution in [0, 0.1) is 11.6 Å². The summed E-state index contributed by atoms with van der Waals surface area (Å²) in [6.45, 7) is 0. The van der Waals surface area contributed by atoms with Crippen molar-refractivity contribution < 1.29 is 8.78 Å². The molecule has 0 aliphatic heterocycles. The number of aryl methyl sites for hydroxylation is 1. The van der Waals surface area contributed by atoms with Crippen molar-refractivity contribution in [1.29, 1.82) is 0 Å². The molecule has 1 aromatic rings. The third-order valence-electron chi connectivity index (χ3n) is 1.47. The van der Waals surface area contributed by atoms with Crippen LogP contribution >= 0.6 is 28.6 Å². The summed E-state index contributed by atoms with van der Waals surface area (Å²) in [5.74, 6) is -1.02. The van der Waals surface area contributed by atoms with Gasteiger partial charge in [0.25, 0.3) is 0 Å². The first kappa shape index (κ1) is 9.99. The van der Waals surface area contributed by atoms with E-state index >= 15 is 0 Å². The highest BCUT2D eigenvalue weighted by atomic mass is 79.9. The first-order valence-corrected chi connectivity index (χ1v) is 4.82. The molecule has 0 saturated heterocycles. The van der Waals surface area contributed by atoms with Crippen molar-refractivity contribution >= 4 is 28.6 Å². The standard InChI is InChI=1S/C8H7BrF2S/c9-6-4-8(11)7(10)3-5(6)1-2-12/h3-4,12H,1-2H2. The third kappa shape index (κ3) is 2.20. The lowest BCUT2D eigenvalue weighted by Gasteiger charge is -2.02. The highest BCUT2D eigenvalue weighted by Gasteiger charge is 2.06. The Kier molecular flexibility index (Phi) is 3.53. The molecule has 66 valence electrons. The average Bonchev–Trinajstić information content (AvgIpc) is 2.01. The lowest BCUT2D eigenvalue weighted by atomic mass is 10.2. The molecule has 0 saturated carbocycles. The van der Waals surface area contributed by atoms with E-state index in [1.165, 1.54) is 6.07 Å². The Hall–Kier alpha value is -0.0900. The van der Waals surface area contributed by atoms with Crippen molar-refractivity contribution in [2.75, 3.05) is 5.75 Å². The van der Waals surface area contributed by atoms with E-state index in [4.69, 9.17) is 0 Å². The van der Waals surface area contributed by atoms with Gasteiger partial charge in [0.05, 0.1) is 0 Å². The summed E-state index contributed by atoms with van der Waals surface area (Å²) in [5, 5.41) is 0. The lowest BCUT2D eigenvalue weighted by Crippen LogP contribution is -1.92. The molecule has 0 spiro atoms. The normalized spacial score (nSPS) is 10.3. The fraction of sp³-hybridized carbons (Fsp3) is 0.250. The number of hydrogen-bond donors (Lipinski definition) is 1. The highest BCUT2D eigenvalue weighted by molar-refractivity contribution is 9.10. The minimum absolute atomic E-state index is 0.593. The average molecular weight is 253 g/mol. The monoisotopic (exact) mass is 252 g/mol. The van der Waals surface area contributed by atoms with Gasteiger partial charge in [0.2, 0.25) is 0 Å². The molecule has 0 aromatic heterocycles. The quantitative estimate of drug-likeness (QED) is 0.607. The maximum Gasteiger partial charge on any atom is 0.159 e. The summed E-state index contributed by atoms with van der Waals surface area (Å²) in [6, 6.07) is 2.32. The summed E-state index contributed by atoms with van der Waals surface area (Å²) in [7, 11) is 0. The molecule has 0 N–H and O–H groups in total. The Morgan fingerprint density at radius 1 is 1.25 bits per heavy atom. The van der Waals surface area contributed by atoms with Gasteiger partial charge in [-0.25, -0.2) is 8.78 Å². The second-order valence-electron chi connectivity index (χ2n) is 2.33. The van der Waals surface area contributed by atoms with Gasteiger partial charge in [0, 0.05) is 4.47 Å². The van der Waals surface area contributed by atoms with Crippen LogP contribution in [0.3, 0.4) is 0 Å². The van der Waals surface area contributed by atoms with E-state index in [0.29, 0.717) is 16.6 Å². The first-order valence-electron chi connectivity index (χ1n) is 3.39. The molecule has 12 heavy (non-hydrogen) atoms. The number of thiol groups is 1. The zero-order chi connectivity index (χ0) is 9.14. The van der Waals surface area contributed by atoms with E-state index in [1.54, 1.807) is 0 Å². The zero-order valence-electron chi connectivity index (χ0n) is 6.15. The van der Waals surface area contributed by atoms with E-state index in [9.17, 15) is 8.78 Å². The number of hydrogen-bond acceptors (Lipinski definition) is 1. The Morgan fingerprint density at radius 3 is 2.42 bits per heavy atom. The minimum Gasteiger partial charge on any atom is -0.204 e. The van der Waals surface area contributed by atoms with Gasteiger partial charge in [-0.3, -0.25) is 0 Å². The molecule has 0 aliphatic rings. The van der Waals surface area contributed by atoms with E-state index in [2.05, 4.69) is 28.6 Å². The van der Waals surface area contributed by atoms with Gasteiger partial charge in [-0.15, -0.1) is 0 Å². The Bertz CT molecular complexity index is 289. The second-order valence-corrected chi connectivity index (χ2v) is 3.63. The van der Waals surface area contributed by atoms with E-state index in [-0.39, 0.29) is 0 Å². The van der Waals surface area contributed by atoms with Crippen LogP contribution in [-0.2, 0) is 6.42 Å². The van der Waals surface area contributed by atoms with Crippen LogP contribution in [0.4, 0.5) is 8.78 Å². The molecule has 0 nitrogen and oxygen atoms in total. The Labute approximate surface area is 83.5 Å². The number of halogens is 3. The summed E-state index contributed by atoms with van der Waals surface area (Å²) in [5.41, 5.74) is 0.740. The fourth-order valence-electron chi connectivity index (χ4n) is 0.876. The molecule has 1 rings (SSSR count). The van der Waals surface area contributed by atoms with Crippen LogP contribution in [0.1, 0.15) is 5.56 Å². The summed E-state index contributed by atoms with van der Waals surface area (Å²) in [6.07, 6.45) is 0.626. The molecule has 0 fully saturated rings. The van der Waals surface area contributed by atoms with Crippen LogP contribution in [0.2, 0.25) is 0 Å². The van der Waals surface area contributed by atoms with E-state index < -0.39 is 11.6 Å². The summed E-state index contributed by atoms with van der Waals surface area (Å²) < 4.78 is 25.8. The molecule has 0 radical (unpaired) electrons. The topological polar surface area (TPSA) is 0 Å². The van der Waals surface area contributed by atoms with E-state index in [0.717, 1.165) is 11.6 Å². The SMILES string of the molecule is Fc1cc(Br)c(CCS)cc1F. The molecule has 0 atom stereocenters. The first-order chi connectivity index (χ1) is 5.65. The predicted octanol–water partition coefficient (Wildman–Crippen LogP) is 3.20. The fourth-order valence-corrected chi connectivity index (χ4v) is 1.63. The lowest BCUT2D eigenvalue weighted by molar-refractivity contribution is 0.506. The maximum atomic E-state index is 12.7. The van der Waals surface area contributed by atoms with Crippen molar-refractivity contribution in [3.63, 3.8) is 0 Å². The molecule has 1 aromatic carbocycles. The van der Waals surface area contributed by atoms with Crippen LogP contribution in [0.15, 0.2) is 16.6 Å². The molecule has 4 heteroatoms. The van der Waals surface area contributed by atoms with Gasteiger partial charge in [-0.1, -0.05) is 15.9 Å². The molecular formula is C8H7BrF2S. The van der Waals surface area contributed by atoms with Gasteiger partial charge in [-0.05, 0) is 29.9 Å². The molecular weight excluding hydrogens is 246 g/mol. The highest BCUT2D eigenvalue weighted by Crippen LogP contribution is 2.21. The van der Waals surface area contributed by atoms with Crippen LogP contribution in [0.25, 0.3) is 0 Å². The second kappa shape index (κ2) is 4.23. The van der Waals surface area contributed by atoms with Crippen LogP contribution in [0.5, 0.6) is 0 Å². The summed E-state index contributed by atoms with van der Waals surface area (Å²) >= 11 is 7.14. The van der Waals surface area contributed by atoms with Gasteiger partial charge in [0.15, 0.2) is 11.6 Å². The van der Waals surface area contributed by atoms with Crippen molar-refractivity contribution in [2.24, 2.45) is 0 Å². The zero-order valence-corrected chi connectivity index (χ0v) is 8.63. The van der Waals surface area contributed by atoms with E-state index in [1.807, 2.05) is 0 Å². The Morgan fingerprint density at radius 2 is 1.83 bits per heavy atom. The van der Waals surface area contributed by atoms with Gasteiger partial charge in [-0.2, -0.15) is 12.6 Å². The Balaban J connectivity index is 3.05. The summed E-state index contributed by atoms with van der Waals surface area (Å²) in [4.78, 5) is 0. The van der Waals surface area contributed by atoms with Gasteiger partial charge < -0.3 is 0 Å². The van der Waals surface area contributed by atoms with Gasteiger partial charge in [0.1, 0.15) is 0 Å². The number of rotatable bonds is 2. The maximum absolute atomic E-state index is 12.7. The van der Waals surface area contributed by atoms with Crippen molar-refractivity contribution in [3.05, 3.63) is 33.8 Å². The van der Waals surface area contributed by atoms with Crippen LogP contribution < -0.4 is 0 Å². The molecule has 0 heterocycles. The molecule has 0 aliphatic carbocycles. The largest absolute Gasteiger partial charge is 0.204 e. The van der Waals surface area contributed by atoms with Crippen molar-refractivity contribution in [3.8, 4) is 0 Å². The number of benzene rings is 1. The molecule has 0 amide bonds. The molecule has 0 bridgehead atoms. The van der Waals surface area contributed by atoms with Crippen LogP contribution in [-0.4, -0.2) is 5.75 Å². The smallest absolute Gasteiger partial charge is 0.159 e. The minimum atomic E-state index is -0.829. The third-order valence-corrected chi connectivity index (χ3v) is 2.43.